The monoisotopic (exact) mass is 389 g/mol. The summed E-state index contributed by atoms with van der Waals surface area (Å²) in [6, 6.07) is 17.5. The minimum absolute atomic E-state index is 0.0966. The van der Waals surface area contributed by atoms with E-state index in [2.05, 4.69) is 4.74 Å². The third-order valence-corrected chi connectivity index (χ3v) is 4.32. The molecule has 0 radical (unpaired) electrons. The zero-order valence-electron chi connectivity index (χ0n) is 15.3. The highest BCUT2D eigenvalue weighted by Crippen LogP contribution is 2.17. The third-order valence-electron chi connectivity index (χ3n) is 4.32. The second-order valence-electron chi connectivity index (χ2n) is 6.11. The number of ketones is 2. The third kappa shape index (κ3) is 4.24. The molecule has 0 saturated carbocycles. The van der Waals surface area contributed by atoms with Gasteiger partial charge in [-0.05, 0) is 24.3 Å². The lowest BCUT2D eigenvalue weighted by Crippen LogP contribution is -2.06. The Morgan fingerprint density at radius 3 is 1.28 bits per heavy atom. The number of non-ortho nitro benzene ring substituents is 1. The standard InChI is InChI=1S/C22H15NO6/c1-29-22(26)18-8-6-16(7-9-18)20(24)14-2-4-15(5-3-14)21(25)17-10-12-19(13-11-17)23(27)28/h2-13H,1H3. The van der Waals surface area contributed by atoms with Gasteiger partial charge in [0.1, 0.15) is 0 Å². The summed E-state index contributed by atoms with van der Waals surface area (Å²) in [5.41, 5.74) is 1.70. The van der Waals surface area contributed by atoms with E-state index >= 15 is 0 Å². The summed E-state index contributed by atoms with van der Waals surface area (Å²) in [5, 5.41) is 10.7. The van der Waals surface area contributed by atoms with Gasteiger partial charge in [0.15, 0.2) is 11.6 Å². The van der Waals surface area contributed by atoms with E-state index in [1.165, 1.54) is 79.9 Å². The van der Waals surface area contributed by atoms with Crippen molar-refractivity contribution in [1.82, 2.24) is 0 Å². The van der Waals surface area contributed by atoms with Crippen LogP contribution in [0.25, 0.3) is 0 Å². The maximum Gasteiger partial charge on any atom is 0.337 e. The van der Waals surface area contributed by atoms with Crippen LogP contribution in [0.15, 0.2) is 72.8 Å². The molecule has 0 heterocycles. The fourth-order valence-corrected chi connectivity index (χ4v) is 2.72. The Bertz CT molecular complexity index is 1080. The van der Waals surface area contributed by atoms with E-state index in [0.29, 0.717) is 27.8 Å². The number of nitro groups is 1. The molecule has 7 nitrogen and oxygen atoms in total. The molecule has 0 aliphatic heterocycles. The molecular weight excluding hydrogens is 374 g/mol. The molecule has 29 heavy (non-hydrogen) atoms. The van der Waals surface area contributed by atoms with Crippen molar-refractivity contribution in [3.63, 3.8) is 0 Å². The fraction of sp³-hybridized carbons (Fsp3) is 0.0455. The highest BCUT2D eigenvalue weighted by molar-refractivity contribution is 6.12. The molecule has 3 aromatic rings. The topological polar surface area (TPSA) is 104 Å². The zero-order valence-corrected chi connectivity index (χ0v) is 15.3. The summed E-state index contributed by atoms with van der Waals surface area (Å²) >= 11 is 0. The Hall–Kier alpha value is -4.13. The van der Waals surface area contributed by atoms with E-state index in [0.717, 1.165) is 0 Å². The van der Waals surface area contributed by atoms with Gasteiger partial charge in [-0.1, -0.05) is 36.4 Å². The van der Waals surface area contributed by atoms with Crippen LogP contribution >= 0.6 is 0 Å². The first-order valence-corrected chi connectivity index (χ1v) is 8.53. The molecule has 144 valence electrons. The largest absolute Gasteiger partial charge is 0.465 e. The quantitative estimate of drug-likeness (QED) is 0.275. The lowest BCUT2D eigenvalue weighted by atomic mass is 9.98. The van der Waals surface area contributed by atoms with Gasteiger partial charge in [0, 0.05) is 34.4 Å². The van der Waals surface area contributed by atoms with Gasteiger partial charge < -0.3 is 4.74 Å². The van der Waals surface area contributed by atoms with E-state index in [9.17, 15) is 24.5 Å². The second-order valence-corrected chi connectivity index (χ2v) is 6.11. The van der Waals surface area contributed by atoms with Crippen molar-refractivity contribution >= 4 is 23.2 Å². The molecule has 0 saturated heterocycles. The normalized spacial score (nSPS) is 10.2. The Balaban J connectivity index is 1.77. The van der Waals surface area contributed by atoms with Crippen LogP contribution in [-0.4, -0.2) is 29.6 Å². The fourth-order valence-electron chi connectivity index (χ4n) is 2.72. The van der Waals surface area contributed by atoms with Crippen LogP contribution in [0.1, 0.15) is 42.2 Å². The summed E-state index contributed by atoms with van der Waals surface area (Å²) in [6.07, 6.45) is 0. The van der Waals surface area contributed by atoms with Gasteiger partial charge in [-0.15, -0.1) is 0 Å². The van der Waals surface area contributed by atoms with Crippen LogP contribution < -0.4 is 0 Å². The van der Waals surface area contributed by atoms with Crippen LogP contribution in [0.4, 0.5) is 5.69 Å². The lowest BCUT2D eigenvalue weighted by Gasteiger charge is -2.05. The van der Waals surface area contributed by atoms with Crippen molar-refractivity contribution in [3.05, 3.63) is 111 Å². The minimum atomic E-state index is -0.535. The molecule has 0 unspecified atom stereocenters. The van der Waals surface area contributed by atoms with Crippen molar-refractivity contribution in [2.45, 2.75) is 0 Å². The Labute approximate surface area is 165 Å². The number of methoxy groups -OCH3 is 1. The van der Waals surface area contributed by atoms with Crippen molar-refractivity contribution < 1.29 is 24.0 Å². The number of benzene rings is 3. The van der Waals surface area contributed by atoms with Crippen LogP contribution in [-0.2, 0) is 4.74 Å². The van der Waals surface area contributed by atoms with Crippen molar-refractivity contribution in [2.24, 2.45) is 0 Å². The molecule has 0 atom stereocenters. The molecule has 0 fully saturated rings. The number of ether oxygens (including phenoxy) is 1. The average Bonchev–Trinajstić information content (AvgIpc) is 2.77. The summed E-state index contributed by atoms with van der Waals surface area (Å²) in [5.74, 6) is -1.05. The number of esters is 1. The molecule has 0 spiro atoms. The van der Waals surface area contributed by atoms with Crippen LogP contribution in [0.3, 0.4) is 0 Å². The molecule has 7 heteroatoms. The van der Waals surface area contributed by atoms with Gasteiger partial charge >= 0.3 is 5.97 Å². The van der Waals surface area contributed by atoms with E-state index in [1.807, 2.05) is 0 Å². The highest BCUT2D eigenvalue weighted by Gasteiger charge is 2.14. The number of rotatable bonds is 6. The molecule has 0 N–H and O–H groups in total. The maximum atomic E-state index is 12.6. The van der Waals surface area contributed by atoms with Gasteiger partial charge in [-0.3, -0.25) is 19.7 Å². The number of carbonyl (C=O) groups excluding carboxylic acids is 3. The number of hydrogen-bond acceptors (Lipinski definition) is 6. The average molecular weight is 389 g/mol. The Morgan fingerprint density at radius 1 is 0.655 bits per heavy atom. The molecule has 0 aliphatic rings. The molecule has 0 bridgehead atoms. The van der Waals surface area contributed by atoms with Crippen LogP contribution in [0, 0.1) is 10.1 Å². The predicted molar refractivity (Wildman–Crippen MR) is 104 cm³/mol. The number of hydrogen-bond donors (Lipinski definition) is 0. The summed E-state index contributed by atoms with van der Waals surface area (Å²) in [4.78, 5) is 46.7. The first-order chi connectivity index (χ1) is 13.9. The Morgan fingerprint density at radius 2 is 0.966 bits per heavy atom. The number of nitro benzene ring substituents is 1. The van der Waals surface area contributed by atoms with E-state index in [1.54, 1.807) is 0 Å². The smallest absolute Gasteiger partial charge is 0.337 e. The molecule has 0 amide bonds. The molecule has 3 aromatic carbocycles. The second kappa shape index (κ2) is 8.26. The number of carbonyl (C=O) groups is 3. The van der Waals surface area contributed by atoms with Crippen LogP contribution in [0.2, 0.25) is 0 Å². The SMILES string of the molecule is COC(=O)c1ccc(C(=O)c2ccc(C(=O)c3ccc([N+](=O)[O-])cc3)cc2)cc1. The highest BCUT2D eigenvalue weighted by atomic mass is 16.6. The molecule has 0 aromatic heterocycles. The van der Waals surface area contributed by atoms with Crippen molar-refractivity contribution in [3.8, 4) is 0 Å². The van der Waals surface area contributed by atoms with Gasteiger partial charge in [-0.25, -0.2) is 4.79 Å². The van der Waals surface area contributed by atoms with E-state index in [-0.39, 0.29) is 17.3 Å². The zero-order chi connectivity index (χ0) is 21.0. The van der Waals surface area contributed by atoms with Crippen molar-refractivity contribution in [2.75, 3.05) is 7.11 Å². The van der Waals surface area contributed by atoms with Gasteiger partial charge in [0.2, 0.25) is 0 Å². The molecule has 0 aliphatic carbocycles. The number of nitrogens with zero attached hydrogens (tertiary/aromatic N) is 1. The summed E-state index contributed by atoms with van der Waals surface area (Å²) < 4.78 is 4.62. The van der Waals surface area contributed by atoms with Gasteiger partial charge in [-0.2, -0.15) is 0 Å². The van der Waals surface area contributed by atoms with Crippen molar-refractivity contribution in [1.29, 1.82) is 0 Å². The van der Waals surface area contributed by atoms with E-state index in [4.69, 9.17) is 0 Å². The summed E-state index contributed by atoms with van der Waals surface area (Å²) in [7, 11) is 1.28. The maximum absolute atomic E-state index is 12.6. The predicted octanol–water partition coefficient (Wildman–Crippen LogP) is 3.84. The van der Waals surface area contributed by atoms with Gasteiger partial charge in [0.25, 0.3) is 5.69 Å². The minimum Gasteiger partial charge on any atom is -0.465 e. The first kappa shape index (κ1) is 19.6. The van der Waals surface area contributed by atoms with E-state index < -0.39 is 10.9 Å². The lowest BCUT2D eigenvalue weighted by molar-refractivity contribution is -0.384. The Kier molecular flexibility index (Phi) is 5.59. The van der Waals surface area contributed by atoms with Gasteiger partial charge in [0.05, 0.1) is 17.6 Å². The van der Waals surface area contributed by atoms with Crippen LogP contribution in [0.5, 0.6) is 0 Å². The molecule has 3 rings (SSSR count). The molecular formula is C22H15NO6. The summed E-state index contributed by atoms with van der Waals surface area (Å²) in [6.45, 7) is 0. The first-order valence-electron chi connectivity index (χ1n) is 8.53.